The van der Waals surface area contributed by atoms with Gasteiger partial charge in [0, 0.05) is 10.9 Å². The summed E-state index contributed by atoms with van der Waals surface area (Å²) < 4.78 is 7.04. The van der Waals surface area contributed by atoms with Gasteiger partial charge < -0.3 is 9.64 Å². The highest BCUT2D eigenvalue weighted by molar-refractivity contribution is 9.10. The Balaban J connectivity index is 1.89. The first-order valence-corrected chi connectivity index (χ1v) is 6.81. The third-order valence-corrected chi connectivity index (χ3v) is 4.64. The lowest BCUT2D eigenvalue weighted by molar-refractivity contribution is -0.117. The molecule has 0 N–H and O–H groups in total. The Morgan fingerprint density at radius 2 is 2.24 bits per heavy atom. The van der Waals surface area contributed by atoms with Crippen molar-refractivity contribution in [3.63, 3.8) is 0 Å². The normalized spacial score (nSPS) is 33.4. The largest absolute Gasteiger partial charge is 0.486 e. The Kier molecular flexibility index (Phi) is 1.90. The first kappa shape index (κ1) is 9.95. The molecule has 3 nitrogen and oxygen atoms in total. The summed E-state index contributed by atoms with van der Waals surface area (Å²) in [6.07, 6.45) is 3.09. The maximum atomic E-state index is 12.1. The highest BCUT2D eigenvalue weighted by Gasteiger charge is 2.52. The molecule has 0 unspecified atom stereocenters. The first-order valence-electron chi connectivity index (χ1n) is 6.02. The number of hydrogen-bond acceptors (Lipinski definition) is 2. The van der Waals surface area contributed by atoms with Crippen molar-refractivity contribution < 1.29 is 9.53 Å². The van der Waals surface area contributed by atoms with Crippen molar-refractivity contribution in [1.29, 1.82) is 0 Å². The molecule has 2 aliphatic heterocycles. The van der Waals surface area contributed by atoms with Gasteiger partial charge in [-0.05, 0) is 37.0 Å². The lowest BCUT2D eigenvalue weighted by Gasteiger charge is -2.36. The van der Waals surface area contributed by atoms with Crippen LogP contribution in [0.3, 0.4) is 0 Å². The number of anilines is 1. The van der Waals surface area contributed by atoms with E-state index < -0.39 is 0 Å². The van der Waals surface area contributed by atoms with E-state index in [1.807, 2.05) is 23.1 Å². The minimum atomic E-state index is 0.202. The van der Waals surface area contributed by atoms with Crippen molar-refractivity contribution in [2.24, 2.45) is 5.92 Å². The van der Waals surface area contributed by atoms with Crippen molar-refractivity contribution in [2.75, 3.05) is 4.90 Å². The molecule has 0 aromatic heterocycles. The average molecular weight is 294 g/mol. The van der Waals surface area contributed by atoms with E-state index >= 15 is 0 Å². The van der Waals surface area contributed by atoms with Crippen LogP contribution in [0.5, 0.6) is 5.75 Å². The van der Waals surface area contributed by atoms with Gasteiger partial charge in [-0.1, -0.05) is 15.9 Å². The number of benzene rings is 1. The van der Waals surface area contributed by atoms with Crippen LogP contribution in [0.4, 0.5) is 5.69 Å². The fourth-order valence-electron chi connectivity index (χ4n) is 3.48. The topological polar surface area (TPSA) is 29.5 Å². The van der Waals surface area contributed by atoms with Crippen molar-refractivity contribution in [2.45, 2.75) is 31.4 Å². The summed E-state index contributed by atoms with van der Waals surface area (Å²) in [6.45, 7) is 0. The number of amides is 1. The maximum Gasteiger partial charge on any atom is 0.227 e. The smallest absolute Gasteiger partial charge is 0.227 e. The van der Waals surface area contributed by atoms with Gasteiger partial charge >= 0.3 is 0 Å². The number of fused-ring (bicyclic) bond motifs is 2. The maximum absolute atomic E-state index is 12.1. The summed E-state index contributed by atoms with van der Waals surface area (Å²) in [7, 11) is 0. The zero-order valence-corrected chi connectivity index (χ0v) is 10.8. The van der Waals surface area contributed by atoms with Gasteiger partial charge in [0.15, 0.2) is 0 Å². The van der Waals surface area contributed by atoms with Crippen LogP contribution in [0, 0.1) is 5.92 Å². The number of ether oxygens (including phenoxy) is 1. The molecule has 0 bridgehead atoms. The number of rotatable bonds is 0. The SMILES string of the molecule is O=C1C[C@H]2CC[C@H]3Oc4cc(Br)ccc4N1[C@@H]23. The molecule has 17 heavy (non-hydrogen) atoms. The minimum absolute atomic E-state index is 0.202. The number of halogens is 1. The standard InChI is InChI=1S/C13H12BrNO2/c14-8-2-3-9-11(6-8)17-10-4-1-7-5-12(16)15(9)13(7)10/h2-3,6-7,10,13H,1,4-5H2/t7-,10-,13+/m1/s1. The molecule has 4 heteroatoms. The molecule has 1 aliphatic carbocycles. The second-order valence-corrected chi connectivity index (χ2v) is 5.98. The van der Waals surface area contributed by atoms with Crippen molar-refractivity contribution in [1.82, 2.24) is 0 Å². The average Bonchev–Trinajstić information content (AvgIpc) is 2.83. The number of hydrogen-bond donors (Lipinski definition) is 0. The second-order valence-electron chi connectivity index (χ2n) is 5.06. The molecule has 0 spiro atoms. The molecule has 4 rings (SSSR count). The van der Waals surface area contributed by atoms with Crippen molar-refractivity contribution in [3.8, 4) is 5.75 Å². The molecule has 1 saturated carbocycles. The molecule has 1 aromatic carbocycles. The van der Waals surface area contributed by atoms with E-state index in [1.54, 1.807) is 0 Å². The highest BCUT2D eigenvalue weighted by Crippen LogP contribution is 2.49. The molecule has 1 aromatic rings. The Morgan fingerprint density at radius 1 is 1.35 bits per heavy atom. The van der Waals surface area contributed by atoms with Crippen LogP contribution in [-0.2, 0) is 4.79 Å². The van der Waals surface area contributed by atoms with Crippen LogP contribution in [0.15, 0.2) is 22.7 Å². The van der Waals surface area contributed by atoms with E-state index in [0.717, 1.165) is 28.8 Å². The monoisotopic (exact) mass is 293 g/mol. The predicted molar refractivity (Wildman–Crippen MR) is 67.2 cm³/mol. The van der Waals surface area contributed by atoms with E-state index in [4.69, 9.17) is 4.74 Å². The number of carbonyl (C=O) groups is 1. The molecule has 1 amide bonds. The molecule has 2 heterocycles. The Bertz CT molecular complexity index is 516. The molecule has 0 radical (unpaired) electrons. The summed E-state index contributed by atoms with van der Waals surface area (Å²) in [6, 6.07) is 6.20. The van der Waals surface area contributed by atoms with Gasteiger partial charge in [0.05, 0.1) is 11.7 Å². The zero-order chi connectivity index (χ0) is 11.6. The van der Waals surface area contributed by atoms with E-state index in [-0.39, 0.29) is 18.1 Å². The molecular weight excluding hydrogens is 282 g/mol. The van der Waals surface area contributed by atoms with Gasteiger partial charge in [-0.15, -0.1) is 0 Å². The lowest BCUT2D eigenvalue weighted by atomic mass is 10.0. The van der Waals surface area contributed by atoms with Crippen LogP contribution in [0.1, 0.15) is 19.3 Å². The van der Waals surface area contributed by atoms with E-state index in [1.165, 1.54) is 0 Å². The fourth-order valence-corrected chi connectivity index (χ4v) is 3.82. The third kappa shape index (κ3) is 1.25. The van der Waals surface area contributed by atoms with Gasteiger partial charge in [-0.2, -0.15) is 0 Å². The highest BCUT2D eigenvalue weighted by atomic mass is 79.9. The van der Waals surface area contributed by atoms with Gasteiger partial charge in [0.2, 0.25) is 5.91 Å². The summed E-state index contributed by atoms with van der Waals surface area (Å²) in [5.41, 5.74) is 0.948. The van der Waals surface area contributed by atoms with Gasteiger partial charge in [-0.25, -0.2) is 0 Å². The molecule has 3 atom stereocenters. The molecule has 2 fully saturated rings. The van der Waals surface area contributed by atoms with Gasteiger partial charge in [0.25, 0.3) is 0 Å². The van der Waals surface area contributed by atoms with Crippen molar-refractivity contribution in [3.05, 3.63) is 22.7 Å². The minimum Gasteiger partial charge on any atom is -0.486 e. The lowest BCUT2D eigenvalue weighted by Crippen LogP contribution is -2.46. The van der Waals surface area contributed by atoms with Crippen LogP contribution >= 0.6 is 15.9 Å². The summed E-state index contributed by atoms with van der Waals surface area (Å²) in [4.78, 5) is 14.1. The Labute approximate surface area is 108 Å². The first-order chi connectivity index (χ1) is 8.24. The molecule has 3 aliphatic rings. The van der Waals surface area contributed by atoms with E-state index in [2.05, 4.69) is 15.9 Å². The van der Waals surface area contributed by atoms with Crippen LogP contribution < -0.4 is 9.64 Å². The van der Waals surface area contributed by atoms with E-state index in [0.29, 0.717) is 12.3 Å². The van der Waals surface area contributed by atoms with Crippen LogP contribution in [0.2, 0.25) is 0 Å². The summed E-state index contributed by atoms with van der Waals surface area (Å²) in [5.74, 6) is 1.61. The molecule has 1 saturated heterocycles. The number of nitrogens with zero attached hydrogens (tertiary/aromatic N) is 1. The van der Waals surface area contributed by atoms with Gasteiger partial charge in [-0.3, -0.25) is 4.79 Å². The molecule has 88 valence electrons. The summed E-state index contributed by atoms with van der Waals surface area (Å²) >= 11 is 3.45. The Morgan fingerprint density at radius 3 is 3.12 bits per heavy atom. The molecular formula is C13H12BrNO2. The zero-order valence-electron chi connectivity index (χ0n) is 9.23. The summed E-state index contributed by atoms with van der Waals surface area (Å²) in [5, 5.41) is 0. The van der Waals surface area contributed by atoms with Gasteiger partial charge in [0.1, 0.15) is 11.9 Å². The quantitative estimate of drug-likeness (QED) is 0.736. The van der Waals surface area contributed by atoms with Crippen molar-refractivity contribution >= 4 is 27.5 Å². The third-order valence-electron chi connectivity index (χ3n) is 4.15. The fraction of sp³-hybridized carbons (Fsp3) is 0.462. The van der Waals surface area contributed by atoms with Crippen LogP contribution in [-0.4, -0.2) is 18.1 Å². The predicted octanol–water partition coefficient (Wildman–Crippen LogP) is 2.73. The number of carbonyl (C=O) groups excluding carboxylic acids is 1. The van der Waals surface area contributed by atoms with Crippen LogP contribution in [0.25, 0.3) is 0 Å². The Hall–Kier alpha value is -1.03. The second kappa shape index (κ2) is 3.25. The van der Waals surface area contributed by atoms with E-state index in [9.17, 15) is 4.79 Å².